The number of hydrogen-bond donors (Lipinski definition) is 1. The number of rotatable bonds is 3. The van der Waals surface area contributed by atoms with E-state index in [2.05, 4.69) is 0 Å². The highest BCUT2D eigenvalue weighted by Gasteiger charge is 2.12. The van der Waals surface area contributed by atoms with Gasteiger partial charge >= 0.3 is 5.97 Å². The fourth-order valence-corrected chi connectivity index (χ4v) is 1.52. The summed E-state index contributed by atoms with van der Waals surface area (Å²) >= 11 is 1.06. The van der Waals surface area contributed by atoms with Crippen molar-refractivity contribution in [1.82, 2.24) is 0 Å². The van der Waals surface area contributed by atoms with Gasteiger partial charge in [-0.15, -0.1) is 11.8 Å². The van der Waals surface area contributed by atoms with Crippen LogP contribution in [0.15, 0.2) is 17.0 Å². The Kier molecular flexibility index (Phi) is 3.24. The molecule has 74 valence electrons. The van der Waals surface area contributed by atoms with Gasteiger partial charge in [-0.1, -0.05) is 0 Å². The van der Waals surface area contributed by atoms with Gasteiger partial charge in [-0.2, -0.15) is 0 Å². The quantitative estimate of drug-likeness (QED) is 0.618. The van der Waals surface area contributed by atoms with E-state index < -0.39 is 11.8 Å². The van der Waals surface area contributed by atoms with Gasteiger partial charge in [-0.3, -0.25) is 4.79 Å². The summed E-state index contributed by atoms with van der Waals surface area (Å²) in [7, 11) is 0. The number of carbonyl (C=O) groups excluding carboxylic acids is 1. The van der Waals surface area contributed by atoms with Gasteiger partial charge in [-0.25, -0.2) is 9.18 Å². The Morgan fingerprint density at radius 3 is 2.64 bits per heavy atom. The zero-order valence-corrected chi connectivity index (χ0v) is 8.10. The molecule has 0 saturated carbocycles. The molecule has 0 saturated heterocycles. The Morgan fingerprint density at radius 1 is 1.57 bits per heavy atom. The molecular weight excluding hydrogens is 207 g/mol. The number of carboxylic acids is 1. The van der Waals surface area contributed by atoms with Crippen molar-refractivity contribution in [2.75, 3.05) is 6.26 Å². The highest BCUT2D eigenvalue weighted by atomic mass is 32.2. The van der Waals surface area contributed by atoms with Crippen LogP contribution in [-0.4, -0.2) is 23.6 Å². The molecule has 1 rings (SSSR count). The topological polar surface area (TPSA) is 54.4 Å². The van der Waals surface area contributed by atoms with Crippen molar-refractivity contribution >= 4 is 24.0 Å². The smallest absolute Gasteiger partial charge is 0.335 e. The molecule has 0 radical (unpaired) electrons. The highest BCUT2D eigenvalue weighted by Crippen LogP contribution is 2.23. The summed E-state index contributed by atoms with van der Waals surface area (Å²) in [5.41, 5.74) is -0.313. The van der Waals surface area contributed by atoms with Gasteiger partial charge in [0.05, 0.1) is 11.1 Å². The van der Waals surface area contributed by atoms with Crippen LogP contribution in [0.1, 0.15) is 20.7 Å². The summed E-state index contributed by atoms with van der Waals surface area (Å²) in [5, 5.41) is 8.67. The van der Waals surface area contributed by atoms with Crippen LogP contribution in [0.3, 0.4) is 0 Å². The Labute approximate surface area is 83.9 Å². The van der Waals surface area contributed by atoms with E-state index in [1.165, 1.54) is 6.07 Å². The first-order valence-corrected chi connectivity index (χ1v) is 4.88. The SMILES string of the molecule is CSc1cc(C(=O)O)cc(C=O)c1F. The number of thioether (sulfide) groups is 1. The maximum Gasteiger partial charge on any atom is 0.335 e. The van der Waals surface area contributed by atoms with Gasteiger partial charge in [0.25, 0.3) is 0 Å². The van der Waals surface area contributed by atoms with E-state index in [4.69, 9.17) is 5.11 Å². The number of aldehydes is 1. The Hall–Kier alpha value is -1.36. The molecule has 3 nitrogen and oxygen atoms in total. The zero-order chi connectivity index (χ0) is 10.7. The number of carboxylic acid groups (broad SMARTS) is 1. The van der Waals surface area contributed by atoms with Gasteiger partial charge in [0.1, 0.15) is 5.82 Å². The van der Waals surface area contributed by atoms with Crippen molar-refractivity contribution in [3.05, 3.63) is 29.1 Å². The van der Waals surface area contributed by atoms with Crippen molar-refractivity contribution in [3.8, 4) is 0 Å². The van der Waals surface area contributed by atoms with Crippen molar-refractivity contribution in [2.45, 2.75) is 4.90 Å². The van der Waals surface area contributed by atoms with Gasteiger partial charge in [0.2, 0.25) is 0 Å². The molecular formula is C9H7FO3S. The molecule has 1 aromatic carbocycles. The fraction of sp³-hybridized carbons (Fsp3) is 0.111. The molecule has 5 heteroatoms. The lowest BCUT2D eigenvalue weighted by Gasteiger charge is -2.03. The number of aromatic carboxylic acids is 1. The largest absolute Gasteiger partial charge is 0.478 e. The molecule has 0 aliphatic carbocycles. The standard InChI is InChI=1S/C9H7FO3S/c1-14-7-3-5(9(12)13)2-6(4-11)8(7)10/h2-4H,1H3,(H,12,13). The van der Waals surface area contributed by atoms with Gasteiger partial charge in [0, 0.05) is 4.90 Å². The van der Waals surface area contributed by atoms with Crippen LogP contribution in [0.2, 0.25) is 0 Å². The average molecular weight is 214 g/mol. The van der Waals surface area contributed by atoms with E-state index in [-0.39, 0.29) is 16.0 Å². The Morgan fingerprint density at radius 2 is 2.21 bits per heavy atom. The third kappa shape index (κ3) is 1.93. The lowest BCUT2D eigenvalue weighted by atomic mass is 10.1. The van der Waals surface area contributed by atoms with E-state index in [1.54, 1.807) is 6.26 Å². The zero-order valence-electron chi connectivity index (χ0n) is 7.28. The first kappa shape index (κ1) is 10.7. The van der Waals surface area contributed by atoms with Gasteiger partial charge in [0.15, 0.2) is 6.29 Å². The Balaban J connectivity index is 3.39. The van der Waals surface area contributed by atoms with Crippen LogP contribution in [-0.2, 0) is 0 Å². The summed E-state index contributed by atoms with van der Waals surface area (Å²) in [5.74, 6) is -1.85. The van der Waals surface area contributed by atoms with Crippen molar-refractivity contribution in [2.24, 2.45) is 0 Å². The monoisotopic (exact) mass is 214 g/mol. The third-order valence-corrected chi connectivity index (χ3v) is 2.40. The summed E-state index contributed by atoms with van der Waals surface area (Å²) in [6.45, 7) is 0. The molecule has 0 aromatic heterocycles. The van der Waals surface area contributed by atoms with Gasteiger partial charge in [-0.05, 0) is 18.4 Å². The molecule has 0 atom stereocenters. The molecule has 0 unspecified atom stereocenters. The van der Waals surface area contributed by atoms with Crippen molar-refractivity contribution in [3.63, 3.8) is 0 Å². The van der Waals surface area contributed by atoms with Crippen LogP contribution in [0.25, 0.3) is 0 Å². The van der Waals surface area contributed by atoms with Crippen LogP contribution in [0.4, 0.5) is 4.39 Å². The van der Waals surface area contributed by atoms with E-state index >= 15 is 0 Å². The maximum atomic E-state index is 13.3. The van der Waals surface area contributed by atoms with E-state index in [0.29, 0.717) is 6.29 Å². The molecule has 0 aliphatic heterocycles. The number of carbonyl (C=O) groups is 2. The second-order valence-electron chi connectivity index (χ2n) is 2.50. The van der Waals surface area contributed by atoms with E-state index in [1.807, 2.05) is 0 Å². The predicted molar refractivity (Wildman–Crippen MR) is 50.5 cm³/mol. The molecule has 0 aliphatic rings. The minimum atomic E-state index is -1.18. The maximum absolute atomic E-state index is 13.3. The molecule has 0 bridgehead atoms. The van der Waals surface area contributed by atoms with E-state index in [9.17, 15) is 14.0 Å². The summed E-state index contributed by atoms with van der Waals surface area (Å²) in [6.07, 6.45) is 1.92. The van der Waals surface area contributed by atoms with E-state index in [0.717, 1.165) is 17.8 Å². The highest BCUT2D eigenvalue weighted by molar-refractivity contribution is 7.98. The minimum Gasteiger partial charge on any atom is -0.478 e. The molecule has 0 spiro atoms. The van der Waals surface area contributed by atoms with Crippen molar-refractivity contribution in [1.29, 1.82) is 0 Å². The lowest BCUT2D eigenvalue weighted by Crippen LogP contribution is -2.01. The average Bonchev–Trinajstić information content (AvgIpc) is 2.17. The minimum absolute atomic E-state index is 0.0853. The van der Waals surface area contributed by atoms with Crippen molar-refractivity contribution < 1.29 is 19.1 Å². The van der Waals surface area contributed by atoms with Crippen LogP contribution in [0, 0.1) is 5.82 Å². The summed E-state index contributed by atoms with van der Waals surface area (Å²) < 4.78 is 13.3. The molecule has 14 heavy (non-hydrogen) atoms. The second kappa shape index (κ2) is 4.23. The number of halogens is 1. The molecule has 0 amide bonds. The number of benzene rings is 1. The molecule has 0 fully saturated rings. The van der Waals surface area contributed by atoms with Crippen LogP contribution in [0.5, 0.6) is 0 Å². The first-order valence-electron chi connectivity index (χ1n) is 3.66. The fourth-order valence-electron chi connectivity index (χ4n) is 0.977. The predicted octanol–water partition coefficient (Wildman–Crippen LogP) is 2.06. The molecule has 0 heterocycles. The summed E-state index contributed by atoms with van der Waals surface area (Å²) in [6, 6.07) is 2.22. The third-order valence-electron chi connectivity index (χ3n) is 1.66. The Bertz CT molecular complexity index is 390. The number of hydrogen-bond acceptors (Lipinski definition) is 3. The normalized spacial score (nSPS) is 9.86. The van der Waals surface area contributed by atoms with Gasteiger partial charge < -0.3 is 5.11 Å². The van der Waals surface area contributed by atoms with Crippen LogP contribution >= 0.6 is 11.8 Å². The first-order chi connectivity index (χ1) is 6.60. The summed E-state index contributed by atoms with van der Waals surface area (Å²) in [4.78, 5) is 21.2. The second-order valence-corrected chi connectivity index (χ2v) is 3.35. The molecule has 1 N–H and O–H groups in total. The lowest BCUT2D eigenvalue weighted by molar-refractivity contribution is 0.0696. The van der Waals surface area contributed by atoms with Crippen LogP contribution < -0.4 is 0 Å². The molecule has 1 aromatic rings.